The third kappa shape index (κ3) is 3.82. The lowest BCUT2D eigenvalue weighted by molar-refractivity contribution is 0.102. The fourth-order valence-corrected chi connectivity index (χ4v) is 3.73. The van der Waals surface area contributed by atoms with Crippen LogP contribution in [0.1, 0.15) is 26.5 Å². The van der Waals surface area contributed by atoms with E-state index in [9.17, 15) is 4.79 Å². The van der Waals surface area contributed by atoms with E-state index in [0.29, 0.717) is 17.1 Å². The summed E-state index contributed by atoms with van der Waals surface area (Å²) < 4.78 is 0. The van der Waals surface area contributed by atoms with Gasteiger partial charge in [0.2, 0.25) is 0 Å². The molecule has 0 unspecified atom stereocenters. The number of anilines is 1. The monoisotopic (exact) mass is 394 g/mol. The quantitative estimate of drug-likeness (QED) is 0.535. The lowest BCUT2D eigenvalue weighted by Gasteiger charge is -2.04. The van der Waals surface area contributed by atoms with Crippen molar-refractivity contribution in [3.63, 3.8) is 0 Å². The number of aromatic nitrogens is 3. The van der Waals surface area contributed by atoms with Crippen molar-refractivity contribution < 1.29 is 4.79 Å². The number of amides is 1. The van der Waals surface area contributed by atoms with Gasteiger partial charge in [0.05, 0.1) is 17.2 Å². The van der Waals surface area contributed by atoms with Gasteiger partial charge < -0.3 is 0 Å². The SMILES string of the molecule is Cc1cccc(Cc2cnc(NC(=O)c3cnc4ccccc4n3)s2)c1Cl. The van der Waals surface area contributed by atoms with Crippen molar-refractivity contribution in [2.45, 2.75) is 13.3 Å². The molecule has 0 radical (unpaired) electrons. The van der Waals surface area contributed by atoms with Crippen LogP contribution in [0.15, 0.2) is 54.9 Å². The van der Waals surface area contributed by atoms with E-state index in [1.165, 1.54) is 17.5 Å². The molecule has 0 bridgehead atoms. The normalized spacial score (nSPS) is 10.9. The molecule has 4 aromatic rings. The number of carbonyl (C=O) groups is 1. The van der Waals surface area contributed by atoms with Gasteiger partial charge in [-0.05, 0) is 30.2 Å². The van der Waals surface area contributed by atoms with Crippen molar-refractivity contribution in [2.75, 3.05) is 5.32 Å². The summed E-state index contributed by atoms with van der Waals surface area (Å²) in [5.41, 5.74) is 3.77. The molecule has 0 fully saturated rings. The maximum absolute atomic E-state index is 12.5. The number of nitrogens with one attached hydrogen (secondary N) is 1. The second kappa shape index (κ2) is 7.42. The maximum atomic E-state index is 12.5. The molecule has 7 heteroatoms. The van der Waals surface area contributed by atoms with Gasteiger partial charge in [0.25, 0.3) is 5.91 Å². The molecule has 0 aliphatic carbocycles. The summed E-state index contributed by atoms with van der Waals surface area (Å²) in [6.45, 7) is 1.98. The number of rotatable bonds is 4. The first-order chi connectivity index (χ1) is 13.1. The highest BCUT2D eigenvalue weighted by Crippen LogP contribution is 2.27. The van der Waals surface area contributed by atoms with Crippen LogP contribution < -0.4 is 5.32 Å². The van der Waals surface area contributed by atoms with Gasteiger partial charge in [0.15, 0.2) is 5.13 Å². The van der Waals surface area contributed by atoms with E-state index in [1.807, 2.05) is 49.4 Å². The zero-order valence-corrected chi connectivity index (χ0v) is 16.0. The molecule has 1 amide bonds. The van der Waals surface area contributed by atoms with Crippen LogP contribution in [0.3, 0.4) is 0 Å². The third-order valence-corrected chi connectivity index (χ3v) is 5.55. The van der Waals surface area contributed by atoms with Crippen LogP contribution in [-0.2, 0) is 6.42 Å². The Bertz CT molecular complexity index is 1140. The lowest BCUT2D eigenvalue weighted by atomic mass is 10.1. The summed E-state index contributed by atoms with van der Waals surface area (Å²) in [5, 5.41) is 4.08. The summed E-state index contributed by atoms with van der Waals surface area (Å²) >= 11 is 7.78. The molecule has 0 aliphatic heterocycles. The molecule has 1 N–H and O–H groups in total. The molecule has 27 heavy (non-hydrogen) atoms. The average molecular weight is 395 g/mol. The van der Waals surface area contributed by atoms with Crippen LogP contribution in [-0.4, -0.2) is 20.9 Å². The Kier molecular flexibility index (Phi) is 4.83. The highest BCUT2D eigenvalue weighted by atomic mass is 35.5. The van der Waals surface area contributed by atoms with Crippen LogP contribution in [0.5, 0.6) is 0 Å². The predicted octanol–water partition coefficient (Wildman–Crippen LogP) is 4.89. The van der Waals surface area contributed by atoms with Gasteiger partial charge in [0, 0.05) is 22.5 Å². The molecule has 2 aromatic carbocycles. The first kappa shape index (κ1) is 17.6. The Morgan fingerprint density at radius 3 is 2.74 bits per heavy atom. The van der Waals surface area contributed by atoms with Crippen LogP contribution in [0.4, 0.5) is 5.13 Å². The average Bonchev–Trinajstić information content (AvgIpc) is 3.12. The van der Waals surface area contributed by atoms with Crippen molar-refractivity contribution >= 4 is 45.0 Å². The summed E-state index contributed by atoms with van der Waals surface area (Å²) in [6, 6.07) is 13.4. The molecule has 0 spiro atoms. The molecule has 5 nitrogen and oxygen atoms in total. The van der Waals surface area contributed by atoms with Crippen LogP contribution in [0.25, 0.3) is 11.0 Å². The smallest absolute Gasteiger partial charge is 0.277 e. The number of nitrogens with zero attached hydrogens (tertiary/aromatic N) is 3. The van der Waals surface area contributed by atoms with E-state index >= 15 is 0 Å². The minimum absolute atomic E-state index is 0.257. The van der Waals surface area contributed by atoms with E-state index in [0.717, 1.165) is 26.5 Å². The number of hydrogen-bond donors (Lipinski definition) is 1. The molecule has 134 valence electrons. The summed E-state index contributed by atoms with van der Waals surface area (Å²) in [5.74, 6) is -0.331. The number of aryl methyl sites for hydroxylation is 1. The maximum Gasteiger partial charge on any atom is 0.277 e. The topological polar surface area (TPSA) is 67.8 Å². The van der Waals surface area contributed by atoms with Crippen molar-refractivity contribution in [1.29, 1.82) is 0 Å². The van der Waals surface area contributed by atoms with E-state index < -0.39 is 0 Å². The van der Waals surface area contributed by atoms with Crippen LogP contribution in [0, 0.1) is 6.92 Å². The molecular weight excluding hydrogens is 380 g/mol. The third-order valence-electron chi connectivity index (χ3n) is 4.09. The number of hydrogen-bond acceptors (Lipinski definition) is 5. The Morgan fingerprint density at radius 2 is 1.89 bits per heavy atom. The van der Waals surface area contributed by atoms with E-state index in [-0.39, 0.29) is 11.6 Å². The second-order valence-corrected chi connectivity index (χ2v) is 7.55. The zero-order valence-electron chi connectivity index (χ0n) is 14.4. The highest BCUT2D eigenvalue weighted by Gasteiger charge is 2.13. The standard InChI is InChI=1S/C20H15ClN4OS/c1-12-5-4-6-13(18(12)21)9-14-10-23-20(27-14)25-19(26)17-11-22-15-7-2-3-8-16(15)24-17/h2-8,10-11H,9H2,1H3,(H,23,25,26). The molecule has 0 saturated heterocycles. The number of fused-ring (bicyclic) bond motifs is 1. The van der Waals surface area contributed by atoms with Crippen LogP contribution >= 0.6 is 22.9 Å². The Labute approximate surface area is 165 Å². The largest absolute Gasteiger partial charge is 0.296 e. The van der Waals surface area contributed by atoms with E-state index in [4.69, 9.17) is 11.6 Å². The minimum atomic E-state index is -0.331. The van der Waals surface area contributed by atoms with Crippen LogP contribution in [0.2, 0.25) is 5.02 Å². The van der Waals surface area contributed by atoms with Gasteiger partial charge in [-0.2, -0.15) is 0 Å². The summed E-state index contributed by atoms with van der Waals surface area (Å²) in [4.78, 5) is 26.4. The minimum Gasteiger partial charge on any atom is -0.296 e. The number of carbonyl (C=O) groups excluding carboxylic acids is 1. The van der Waals surface area contributed by atoms with Gasteiger partial charge in [-0.15, -0.1) is 11.3 Å². The Balaban J connectivity index is 1.49. The van der Waals surface area contributed by atoms with E-state index in [1.54, 1.807) is 6.20 Å². The van der Waals surface area contributed by atoms with Gasteiger partial charge >= 0.3 is 0 Å². The molecule has 0 atom stereocenters. The molecule has 2 heterocycles. The number of benzene rings is 2. The zero-order chi connectivity index (χ0) is 18.8. The fraction of sp³-hybridized carbons (Fsp3) is 0.100. The molecule has 0 saturated carbocycles. The number of halogens is 1. The predicted molar refractivity (Wildman–Crippen MR) is 109 cm³/mol. The summed E-state index contributed by atoms with van der Waals surface area (Å²) in [6.07, 6.45) is 3.90. The fourth-order valence-electron chi connectivity index (χ4n) is 2.71. The highest BCUT2D eigenvalue weighted by molar-refractivity contribution is 7.15. The number of thiazole rings is 1. The Morgan fingerprint density at radius 1 is 1.07 bits per heavy atom. The second-order valence-electron chi connectivity index (χ2n) is 6.05. The molecule has 4 rings (SSSR count). The van der Waals surface area contributed by atoms with Crippen molar-refractivity contribution in [3.05, 3.63) is 81.6 Å². The van der Waals surface area contributed by atoms with Crippen molar-refractivity contribution in [2.24, 2.45) is 0 Å². The van der Waals surface area contributed by atoms with E-state index in [2.05, 4.69) is 20.3 Å². The Hall–Kier alpha value is -2.83. The first-order valence-electron chi connectivity index (χ1n) is 8.32. The van der Waals surface area contributed by atoms with Gasteiger partial charge in [-0.3, -0.25) is 15.1 Å². The van der Waals surface area contributed by atoms with Gasteiger partial charge in [0.1, 0.15) is 5.69 Å². The molecule has 2 aromatic heterocycles. The lowest BCUT2D eigenvalue weighted by Crippen LogP contribution is -2.13. The molecule has 0 aliphatic rings. The van der Waals surface area contributed by atoms with Crippen molar-refractivity contribution in [1.82, 2.24) is 15.0 Å². The summed E-state index contributed by atoms with van der Waals surface area (Å²) in [7, 11) is 0. The number of para-hydroxylation sites is 2. The van der Waals surface area contributed by atoms with Gasteiger partial charge in [-0.1, -0.05) is 41.9 Å². The molecular formula is C20H15ClN4OS. The van der Waals surface area contributed by atoms with Crippen molar-refractivity contribution in [3.8, 4) is 0 Å². The first-order valence-corrected chi connectivity index (χ1v) is 9.51. The van der Waals surface area contributed by atoms with Gasteiger partial charge in [-0.25, -0.2) is 9.97 Å².